The van der Waals surface area contributed by atoms with E-state index in [0.717, 1.165) is 30.7 Å². The van der Waals surface area contributed by atoms with E-state index in [0.29, 0.717) is 25.3 Å². The van der Waals surface area contributed by atoms with E-state index in [2.05, 4.69) is 5.32 Å². The van der Waals surface area contributed by atoms with E-state index in [4.69, 9.17) is 0 Å². The fourth-order valence-corrected chi connectivity index (χ4v) is 5.04. The highest BCUT2D eigenvalue weighted by atomic mass is 32.2. The van der Waals surface area contributed by atoms with E-state index in [1.165, 1.54) is 9.87 Å². The molecule has 0 radical (unpaired) electrons. The van der Waals surface area contributed by atoms with Crippen molar-refractivity contribution in [2.75, 3.05) is 32.0 Å². The van der Waals surface area contributed by atoms with Gasteiger partial charge in [-0.3, -0.25) is 4.79 Å². The molecule has 0 bridgehead atoms. The Balaban J connectivity index is 1.61. The zero-order valence-electron chi connectivity index (χ0n) is 16.2. The van der Waals surface area contributed by atoms with Crippen LogP contribution in [0.4, 0.5) is 5.69 Å². The molecule has 0 spiro atoms. The van der Waals surface area contributed by atoms with Gasteiger partial charge >= 0.3 is 0 Å². The Morgan fingerprint density at radius 3 is 2.46 bits per heavy atom. The molecule has 1 atom stereocenters. The molecule has 0 saturated carbocycles. The Kier molecular flexibility index (Phi) is 6.83. The zero-order chi connectivity index (χ0) is 20.0. The third-order valence-corrected chi connectivity index (χ3v) is 6.78. The van der Waals surface area contributed by atoms with Gasteiger partial charge in [0.15, 0.2) is 6.54 Å². The van der Waals surface area contributed by atoms with Gasteiger partial charge in [0.25, 0.3) is 5.91 Å². The minimum Gasteiger partial charge on any atom is -0.326 e. The molecule has 28 heavy (non-hydrogen) atoms. The van der Waals surface area contributed by atoms with Crippen LogP contribution in [-0.2, 0) is 21.4 Å². The number of carbonyl (C=O) groups excluding carboxylic acids is 1. The Hall–Kier alpha value is -2.22. The summed E-state index contributed by atoms with van der Waals surface area (Å²) in [4.78, 5) is 13.7. The maximum Gasteiger partial charge on any atom is 0.279 e. The minimum atomic E-state index is -3.51. The second-order valence-electron chi connectivity index (χ2n) is 7.34. The van der Waals surface area contributed by atoms with Crippen LogP contribution < -0.4 is 10.2 Å². The quantitative estimate of drug-likeness (QED) is 0.738. The highest BCUT2D eigenvalue weighted by Crippen LogP contribution is 2.22. The third kappa shape index (κ3) is 5.41. The monoisotopic (exact) mass is 402 g/mol. The summed E-state index contributed by atoms with van der Waals surface area (Å²) in [6.45, 7) is 2.18. The number of sulfonamides is 1. The first kappa shape index (κ1) is 20.5. The lowest BCUT2D eigenvalue weighted by molar-refractivity contribution is -0.885. The molecule has 150 valence electrons. The van der Waals surface area contributed by atoms with Crippen LogP contribution in [0, 0.1) is 0 Å². The van der Waals surface area contributed by atoms with Crippen LogP contribution in [0.2, 0.25) is 0 Å². The first-order valence-corrected chi connectivity index (χ1v) is 11.1. The fourth-order valence-electron chi connectivity index (χ4n) is 3.47. The number of nitrogens with one attached hydrogen (secondary N) is 2. The van der Waals surface area contributed by atoms with E-state index in [9.17, 15) is 13.2 Å². The van der Waals surface area contributed by atoms with Gasteiger partial charge in [-0.1, -0.05) is 42.8 Å². The smallest absolute Gasteiger partial charge is 0.279 e. The third-order valence-electron chi connectivity index (χ3n) is 4.88. The SMILES string of the molecule is C[NH+](CC(=O)Nc1cccc(S(=O)(=O)N2CCCCC2)c1)Cc1ccccc1. The Morgan fingerprint density at radius 2 is 1.75 bits per heavy atom. The average Bonchev–Trinajstić information content (AvgIpc) is 2.69. The number of piperidine rings is 1. The summed E-state index contributed by atoms with van der Waals surface area (Å²) < 4.78 is 27.2. The van der Waals surface area contributed by atoms with Gasteiger partial charge in [0, 0.05) is 24.3 Å². The van der Waals surface area contributed by atoms with Gasteiger partial charge in [-0.25, -0.2) is 8.42 Å². The Morgan fingerprint density at radius 1 is 1.04 bits per heavy atom. The predicted molar refractivity (Wildman–Crippen MR) is 110 cm³/mol. The number of carbonyl (C=O) groups is 1. The molecule has 1 heterocycles. The van der Waals surface area contributed by atoms with E-state index < -0.39 is 10.0 Å². The second-order valence-corrected chi connectivity index (χ2v) is 9.27. The molecule has 0 aliphatic carbocycles. The van der Waals surface area contributed by atoms with E-state index in [-0.39, 0.29) is 10.8 Å². The van der Waals surface area contributed by atoms with Gasteiger partial charge in [0.1, 0.15) is 6.54 Å². The summed E-state index contributed by atoms with van der Waals surface area (Å²) in [5.74, 6) is -0.138. The van der Waals surface area contributed by atoms with Crippen molar-refractivity contribution in [3.05, 3.63) is 60.2 Å². The molecule has 6 nitrogen and oxygen atoms in total. The van der Waals surface area contributed by atoms with Crippen LogP contribution in [0.15, 0.2) is 59.5 Å². The standard InChI is InChI=1S/C21H27N3O3S/c1-23(16-18-9-4-2-5-10-18)17-21(25)22-19-11-8-12-20(15-19)28(26,27)24-13-6-3-7-14-24/h2,4-5,8-12,15H,3,6-7,13-14,16-17H2,1H3,(H,22,25)/p+1. The van der Waals surface area contributed by atoms with Gasteiger partial charge in [-0.2, -0.15) is 4.31 Å². The van der Waals surface area contributed by atoms with Crippen molar-refractivity contribution >= 4 is 21.6 Å². The molecule has 1 aliphatic heterocycles. The number of quaternary nitrogens is 1. The summed E-state index contributed by atoms with van der Waals surface area (Å²) >= 11 is 0. The minimum absolute atomic E-state index is 0.138. The molecule has 1 saturated heterocycles. The van der Waals surface area contributed by atoms with Gasteiger partial charge in [-0.05, 0) is 31.0 Å². The maximum atomic E-state index is 12.8. The van der Waals surface area contributed by atoms with Crippen molar-refractivity contribution in [2.24, 2.45) is 0 Å². The molecule has 3 rings (SSSR count). The van der Waals surface area contributed by atoms with E-state index >= 15 is 0 Å². The lowest BCUT2D eigenvalue weighted by Gasteiger charge is -2.26. The molecule has 2 aromatic carbocycles. The molecule has 1 unspecified atom stereocenters. The van der Waals surface area contributed by atoms with Crippen LogP contribution in [-0.4, -0.2) is 45.3 Å². The van der Waals surface area contributed by atoms with E-state index in [1.807, 2.05) is 37.4 Å². The van der Waals surface area contributed by atoms with Gasteiger partial charge in [-0.15, -0.1) is 0 Å². The summed E-state index contributed by atoms with van der Waals surface area (Å²) in [6, 6.07) is 16.5. The normalized spacial score (nSPS) is 16.5. The number of rotatable bonds is 7. The second kappa shape index (κ2) is 9.32. The van der Waals surface area contributed by atoms with Crippen LogP contribution in [0.5, 0.6) is 0 Å². The highest BCUT2D eigenvalue weighted by Gasteiger charge is 2.26. The van der Waals surface area contributed by atoms with Gasteiger partial charge < -0.3 is 10.2 Å². The number of nitrogens with zero attached hydrogens (tertiary/aromatic N) is 1. The van der Waals surface area contributed by atoms with Crippen LogP contribution >= 0.6 is 0 Å². The zero-order valence-corrected chi connectivity index (χ0v) is 17.0. The van der Waals surface area contributed by atoms with Crippen molar-refractivity contribution in [2.45, 2.75) is 30.7 Å². The molecule has 2 N–H and O–H groups in total. The molecule has 2 aromatic rings. The first-order valence-electron chi connectivity index (χ1n) is 9.70. The number of anilines is 1. The number of hydrogen-bond donors (Lipinski definition) is 2. The van der Waals surface area contributed by atoms with Gasteiger partial charge in [0.2, 0.25) is 10.0 Å². The summed E-state index contributed by atoms with van der Waals surface area (Å²) in [7, 11) is -1.55. The molecular weight excluding hydrogens is 374 g/mol. The van der Waals surface area contributed by atoms with Crippen molar-refractivity contribution in [3.8, 4) is 0 Å². The summed E-state index contributed by atoms with van der Waals surface area (Å²) in [6.07, 6.45) is 2.86. The van der Waals surface area contributed by atoms with Crippen LogP contribution in [0.1, 0.15) is 24.8 Å². The topological polar surface area (TPSA) is 70.9 Å². The van der Waals surface area contributed by atoms with Crippen molar-refractivity contribution in [3.63, 3.8) is 0 Å². The van der Waals surface area contributed by atoms with Crippen molar-refractivity contribution < 1.29 is 18.1 Å². The average molecular weight is 403 g/mol. The highest BCUT2D eigenvalue weighted by molar-refractivity contribution is 7.89. The lowest BCUT2D eigenvalue weighted by Crippen LogP contribution is -3.08. The summed E-state index contributed by atoms with van der Waals surface area (Å²) in [5.41, 5.74) is 1.68. The number of likely N-dealkylation sites (N-methyl/N-ethyl adjacent to an activating group) is 1. The predicted octanol–water partition coefficient (Wildman–Crippen LogP) is 1.51. The van der Waals surface area contributed by atoms with E-state index in [1.54, 1.807) is 24.3 Å². The van der Waals surface area contributed by atoms with Crippen LogP contribution in [0.25, 0.3) is 0 Å². The number of hydrogen-bond acceptors (Lipinski definition) is 3. The van der Waals surface area contributed by atoms with Crippen molar-refractivity contribution in [1.82, 2.24) is 4.31 Å². The number of amides is 1. The fraction of sp³-hybridized carbons (Fsp3) is 0.381. The molecule has 1 amide bonds. The lowest BCUT2D eigenvalue weighted by atomic mass is 10.2. The molecular formula is C21H28N3O3S+. The molecule has 1 fully saturated rings. The molecule has 0 aromatic heterocycles. The maximum absolute atomic E-state index is 12.8. The first-order chi connectivity index (χ1) is 13.4. The largest absolute Gasteiger partial charge is 0.326 e. The van der Waals surface area contributed by atoms with Crippen molar-refractivity contribution in [1.29, 1.82) is 0 Å². The number of benzene rings is 2. The Bertz CT molecular complexity index is 894. The van der Waals surface area contributed by atoms with Crippen LogP contribution in [0.3, 0.4) is 0 Å². The summed E-state index contributed by atoms with van der Waals surface area (Å²) in [5, 5.41) is 2.83. The molecule has 7 heteroatoms. The van der Waals surface area contributed by atoms with Gasteiger partial charge in [0.05, 0.1) is 11.9 Å². The molecule has 1 aliphatic rings. The Labute approximate surface area is 167 Å².